The standard InChI is InChI=1S/C11H14ClN5O2/c1-8(2)7-16(5-3-4-13)10-9(17(18)19)6-14-11(12)15-10/h6,8H,3,5,7H2,1-2H3. The minimum Gasteiger partial charge on any atom is -0.349 e. The normalized spacial score (nSPS) is 10.3. The van der Waals surface area contributed by atoms with Gasteiger partial charge in [0.1, 0.15) is 6.20 Å². The Morgan fingerprint density at radius 1 is 1.63 bits per heavy atom. The van der Waals surface area contributed by atoms with Crippen LogP contribution in [-0.4, -0.2) is 28.0 Å². The Bertz CT molecular complexity index is 500. The SMILES string of the molecule is CC(C)CN(CCC#N)c1nc(Cl)ncc1[N+](=O)[O-]. The molecule has 0 atom stereocenters. The lowest BCUT2D eigenvalue weighted by Gasteiger charge is -2.24. The fraction of sp³-hybridized carbons (Fsp3) is 0.545. The molecular formula is C11H14ClN5O2. The van der Waals surface area contributed by atoms with Crippen molar-refractivity contribution in [2.75, 3.05) is 18.0 Å². The smallest absolute Gasteiger partial charge is 0.329 e. The highest BCUT2D eigenvalue weighted by Gasteiger charge is 2.23. The molecule has 0 saturated heterocycles. The maximum absolute atomic E-state index is 11.0. The summed E-state index contributed by atoms with van der Waals surface area (Å²) in [7, 11) is 0. The summed E-state index contributed by atoms with van der Waals surface area (Å²) in [4.78, 5) is 19.7. The van der Waals surface area contributed by atoms with Crippen molar-refractivity contribution in [1.29, 1.82) is 5.26 Å². The molecule has 0 N–H and O–H groups in total. The van der Waals surface area contributed by atoms with Gasteiger partial charge in [-0.1, -0.05) is 13.8 Å². The minimum absolute atomic E-state index is 0.0497. The quantitative estimate of drug-likeness (QED) is 0.452. The Balaban J connectivity index is 3.15. The van der Waals surface area contributed by atoms with E-state index in [0.717, 1.165) is 6.20 Å². The lowest BCUT2D eigenvalue weighted by molar-refractivity contribution is -0.384. The highest BCUT2D eigenvalue weighted by atomic mass is 35.5. The van der Waals surface area contributed by atoms with Crippen molar-refractivity contribution in [3.05, 3.63) is 21.6 Å². The number of hydrogen-bond acceptors (Lipinski definition) is 6. The van der Waals surface area contributed by atoms with Crippen LogP contribution in [-0.2, 0) is 0 Å². The third-order valence-corrected chi connectivity index (χ3v) is 2.48. The van der Waals surface area contributed by atoms with Gasteiger partial charge in [0.2, 0.25) is 11.1 Å². The number of anilines is 1. The molecule has 102 valence electrons. The summed E-state index contributed by atoms with van der Waals surface area (Å²) >= 11 is 5.70. The Morgan fingerprint density at radius 2 is 2.32 bits per heavy atom. The van der Waals surface area contributed by atoms with Crippen LogP contribution in [0.1, 0.15) is 20.3 Å². The summed E-state index contributed by atoms with van der Waals surface area (Å²) in [5, 5.41) is 19.6. The van der Waals surface area contributed by atoms with Gasteiger partial charge in [-0.05, 0) is 17.5 Å². The summed E-state index contributed by atoms with van der Waals surface area (Å²) in [6.45, 7) is 4.88. The molecule has 0 saturated carbocycles. The van der Waals surface area contributed by atoms with Crippen LogP contribution >= 0.6 is 11.6 Å². The molecule has 8 heteroatoms. The van der Waals surface area contributed by atoms with E-state index in [-0.39, 0.29) is 29.1 Å². The predicted octanol–water partition coefficient (Wildman–Crippen LogP) is 2.41. The fourth-order valence-corrected chi connectivity index (χ4v) is 1.75. The van der Waals surface area contributed by atoms with Crippen LogP contribution in [0.5, 0.6) is 0 Å². The number of rotatable bonds is 6. The second kappa shape index (κ2) is 6.85. The minimum atomic E-state index is -0.550. The van der Waals surface area contributed by atoms with Gasteiger partial charge in [-0.2, -0.15) is 10.2 Å². The molecular weight excluding hydrogens is 270 g/mol. The number of halogens is 1. The monoisotopic (exact) mass is 283 g/mol. The maximum Gasteiger partial charge on any atom is 0.329 e. The fourth-order valence-electron chi connectivity index (χ4n) is 1.62. The van der Waals surface area contributed by atoms with E-state index in [2.05, 4.69) is 9.97 Å². The van der Waals surface area contributed by atoms with Gasteiger partial charge in [0.15, 0.2) is 0 Å². The molecule has 0 radical (unpaired) electrons. The second-order valence-electron chi connectivity index (χ2n) is 4.35. The van der Waals surface area contributed by atoms with Gasteiger partial charge in [0, 0.05) is 13.1 Å². The van der Waals surface area contributed by atoms with E-state index in [9.17, 15) is 10.1 Å². The van der Waals surface area contributed by atoms with Crippen LogP contribution in [0.15, 0.2) is 6.20 Å². The highest BCUT2D eigenvalue weighted by molar-refractivity contribution is 6.28. The third kappa shape index (κ3) is 4.34. The average molecular weight is 284 g/mol. The first-order valence-corrected chi connectivity index (χ1v) is 6.12. The van der Waals surface area contributed by atoms with Crippen LogP contribution in [0.4, 0.5) is 11.5 Å². The lowest BCUT2D eigenvalue weighted by atomic mass is 10.2. The average Bonchev–Trinajstić information content (AvgIpc) is 2.33. The molecule has 0 aliphatic rings. The molecule has 7 nitrogen and oxygen atoms in total. The number of nitrogens with zero attached hydrogens (tertiary/aromatic N) is 5. The van der Waals surface area contributed by atoms with Crippen molar-refractivity contribution >= 4 is 23.1 Å². The molecule has 0 fully saturated rings. The largest absolute Gasteiger partial charge is 0.349 e. The van der Waals surface area contributed by atoms with Gasteiger partial charge in [0.05, 0.1) is 17.4 Å². The van der Waals surface area contributed by atoms with Crippen molar-refractivity contribution in [3.8, 4) is 6.07 Å². The summed E-state index contributed by atoms with van der Waals surface area (Å²) in [5.41, 5.74) is -0.206. The van der Waals surface area contributed by atoms with Gasteiger partial charge >= 0.3 is 5.69 Å². The first-order valence-electron chi connectivity index (χ1n) is 5.74. The van der Waals surface area contributed by atoms with E-state index in [0.29, 0.717) is 13.1 Å². The van der Waals surface area contributed by atoms with E-state index in [1.165, 1.54) is 0 Å². The van der Waals surface area contributed by atoms with Crippen molar-refractivity contribution in [3.63, 3.8) is 0 Å². The zero-order valence-corrected chi connectivity index (χ0v) is 11.5. The molecule has 0 amide bonds. The molecule has 0 unspecified atom stereocenters. The molecule has 1 rings (SSSR count). The van der Waals surface area contributed by atoms with E-state index >= 15 is 0 Å². The first kappa shape index (κ1) is 15.1. The zero-order chi connectivity index (χ0) is 14.4. The lowest BCUT2D eigenvalue weighted by Crippen LogP contribution is -2.30. The molecule has 1 aromatic heterocycles. The van der Waals surface area contributed by atoms with Crippen LogP contribution in [0, 0.1) is 27.4 Å². The molecule has 1 heterocycles. The predicted molar refractivity (Wildman–Crippen MR) is 71.0 cm³/mol. The van der Waals surface area contributed by atoms with E-state index in [1.807, 2.05) is 19.9 Å². The second-order valence-corrected chi connectivity index (χ2v) is 4.69. The zero-order valence-electron chi connectivity index (χ0n) is 10.7. The number of nitriles is 1. The van der Waals surface area contributed by atoms with Gasteiger partial charge in [0.25, 0.3) is 0 Å². The topological polar surface area (TPSA) is 96.0 Å². The number of hydrogen-bond donors (Lipinski definition) is 0. The molecule has 0 aromatic carbocycles. The van der Waals surface area contributed by atoms with Crippen molar-refractivity contribution in [1.82, 2.24) is 9.97 Å². The third-order valence-electron chi connectivity index (χ3n) is 2.30. The van der Waals surface area contributed by atoms with E-state index < -0.39 is 4.92 Å². The molecule has 0 spiro atoms. The Kier molecular flexibility index (Phi) is 5.45. The van der Waals surface area contributed by atoms with Gasteiger partial charge in [-0.15, -0.1) is 0 Å². The maximum atomic E-state index is 11.0. The van der Waals surface area contributed by atoms with Gasteiger partial charge < -0.3 is 4.90 Å². The van der Waals surface area contributed by atoms with Crippen molar-refractivity contribution in [2.45, 2.75) is 20.3 Å². The molecule has 0 bridgehead atoms. The summed E-state index contributed by atoms with van der Waals surface area (Å²) in [6.07, 6.45) is 1.34. The van der Waals surface area contributed by atoms with Crippen LogP contribution in [0.3, 0.4) is 0 Å². The van der Waals surface area contributed by atoms with Crippen molar-refractivity contribution < 1.29 is 4.92 Å². The van der Waals surface area contributed by atoms with Gasteiger partial charge in [-0.25, -0.2) is 4.98 Å². The highest BCUT2D eigenvalue weighted by Crippen LogP contribution is 2.26. The van der Waals surface area contributed by atoms with Crippen LogP contribution in [0.25, 0.3) is 0 Å². The Morgan fingerprint density at radius 3 is 2.84 bits per heavy atom. The Hall–Kier alpha value is -1.94. The van der Waals surface area contributed by atoms with E-state index in [1.54, 1.807) is 4.90 Å². The molecule has 1 aromatic rings. The molecule has 0 aliphatic carbocycles. The van der Waals surface area contributed by atoms with E-state index in [4.69, 9.17) is 16.9 Å². The Labute approximate surface area is 116 Å². The van der Waals surface area contributed by atoms with Crippen LogP contribution < -0.4 is 4.90 Å². The first-order chi connectivity index (χ1) is 8.95. The summed E-state index contributed by atoms with van der Waals surface area (Å²) < 4.78 is 0. The summed E-state index contributed by atoms with van der Waals surface area (Å²) in [6, 6.07) is 2.02. The van der Waals surface area contributed by atoms with Crippen LogP contribution in [0.2, 0.25) is 5.28 Å². The molecule has 0 aliphatic heterocycles. The number of nitro groups is 1. The van der Waals surface area contributed by atoms with Crippen molar-refractivity contribution in [2.24, 2.45) is 5.92 Å². The van der Waals surface area contributed by atoms with Gasteiger partial charge in [-0.3, -0.25) is 10.1 Å². The summed E-state index contributed by atoms with van der Waals surface area (Å²) in [5.74, 6) is 0.431. The number of aromatic nitrogens is 2. The molecule has 19 heavy (non-hydrogen) atoms.